The zero-order valence-corrected chi connectivity index (χ0v) is 15.3. The standard InChI is InChI=1S/C11H13Cl3NO5PS/c1-8-7-19-21(16,20-8)10(11(12,13)14)15-22(17,18)9-5-3-2-4-6-9/h2-6,8,10,15H,7H2,1H3. The Balaban J connectivity index is 2.35. The molecule has 1 aliphatic heterocycles. The topological polar surface area (TPSA) is 81.7 Å². The van der Waals surface area contributed by atoms with Crippen molar-refractivity contribution in [2.45, 2.75) is 27.5 Å². The molecule has 0 aromatic heterocycles. The number of hydrogen-bond donors (Lipinski definition) is 1. The quantitative estimate of drug-likeness (QED) is 0.611. The van der Waals surface area contributed by atoms with Crippen LogP contribution in [0.2, 0.25) is 0 Å². The van der Waals surface area contributed by atoms with E-state index < -0.39 is 33.3 Å². The minimum Gasteiger partial charge on any atom is -0.305 e. The van der Waals surface area contributed by atoms with Gasteiger partial charge >= 0.3 is 7.60 Å². The van der Waals surface area contributed by atoms with Crippen LogP contribution in [0.25, 0.3) is 0 Å². The Hall–Kier alpha value is 0.150. The fourth-order valence-electron chi connectivity index (χ4n) is 1.78. The van der Waals surface area contributed by atoms with E-state index in [-0.39, 0.29) is 11.5 Å². The van der Waals surface area contributed by atoms with Crippen molar-refractivity contribution in [3.05, 3.63) is 30.3 Å². The first kappa shape index (κ1) is 18.5. The fraction of sp³-hybridized carbons (Fsp3) is 0.455. The summed E-state index contributed by atoms with van der Waals surface area (Å²) in [6.07, 6.45) is -0.498. The number of rotatable bonds is 4. The highest BCUT2D eigenvalue weighted by atomic mass is 35.6. The van der Waals surface area contributed by atoms with Crippen LogP contribution < -0.4 is 4.72 Å². The average molecular weight is 409 g/mol. The van der Waals surface area contributed by atoms with E-state index in [2.05, 4.69) is 4.72 Å². The van der Waals surface area contributed by atoms with Crippen LogP contribution in [0, 0.1) is 0 Å². The van der Waals surface area contributed by atoms with Gasteiger partial charge in [-0.15, -0.1) is 0 Å². The van der Waals surface area contributed by atoms with Gasteiger partial charge in [0.05, 0.1) is 17.6 Å². The van der Waals surface area contributed by atoms with Crippen molar-refractivity contribution in [1.82, 2.24) is 4.72 Å². The Bertz CT molecular complexity index is 679. The summed E-state index contributed by atoms with van der Waals surface area (Å²) in [5.41, 5.74) is 0. The largest absolute Gasteiger partial charge is 0.353 e. The first-order chi connectivity index (χ1) is 10.0. The minimum absolute atomic E-state index is 0.0155. The summed E-state index contributed by atoms with van der Waals surface area (Å²) in [5.74, 6) is -1.67. The summed E-state index contributed by atoms with van der Waals surface area (Å²) in [6, 6.07) is 7.43. The van der Waals surface area contributed by atoms with E-state index in [9.17, 15) is 13.0 Å². The van der Waals surface area contributed by atoms with Gasteiger partial charge in [0.2, 0.25) is 13.8 Å². The zero-order chi connectivity index (χ0) is 16.6. The van der Waals surface area contributed by atoms with Gasteiger partial charge < -0.3 is 9.05 Å². The lowest BCUT2D eigenvalue weighted by molar-refractivity contribution is 0.254. The van der Waals surface area contributed by atoms with E-state index in [0.29, 0.717) is 0 Å². The smallest absolute Gasteiger partial charge is 0.305 e. The Morgan fingerprint density at radius 1 is 1.32 bits per heavy atom. The van der Waals surface area contributed by atoms with Gasteiger partial charge in [-0.2, -0.15) is 4.72 Å². The van der Waals surface area contributed by atoms with E-state index >= 15 is 0 Å². The van der Waals surface area contributed by atoms with Gasteiger partial charge in [0, 0.05) is 0 Å². The second-order valence-electron chi connectivity index (χ2n) is 4.63. The van der Waals surface area contributed by atoms with Crippen LogP contribution in [0.1, 0.15) is 6.92 Å². The van der Waals surface area contributed by atoms with Gasteiger partial charge in [0.15, 0.2) is 5.78 Å². The molecule has 2 rings (SSSR count). The molecule has 3 unspecified atom stereocenters. The number of hydrogen-bond acceptors (Lipinski definition) is 5. The minimum atomic E-state index is -4.07. The Kier molecular flexibility index (Phi) is 5.52. The molecule has 1 fully saturated rings. The van der Waals surface area contributed by atoms with Gasteiger partial charge in [-0.3, -0.25) is 4.57 Å². The summed E-state index contributed by atoms with van der Waals surface area (Å²) in [7, 11) is -8.03. The molecule has 6 nitrogen and oxygen atoms in total. The first-order valence-electron chi connectivity index (χ1n) is 6.11. The molecule has 1 saturated heterocycles. The second kappa shape index (κ2) is 6.57. The van der Waals surface area contributed by atoms with E-state index in [0.717, 1.165) is 0 Å². The van der Waals surface area contributed by atoms with Crippen LogP contribution in [-0.2, 0) is 23.6 Å². The van der Waals surface area contributed by atoms with Crippen molar-refractivity contribution in [3.63, 3.8) is 0 Å². The first-order valence-corrected chi connectivity index (χ1v) is 10.3. The molecular weight excluding hydrogens is 396 g/mol. The zero-order valence-electron chi connectivity index (χ0n) is 11.3. The normalized spacial score (nSPS) is 27.7. The van der Waals surface area contributed by atoms with Crippen molar-refractivity contribution in [1.29, 1.82) is 0 Å². The van der Waals surface area contributed by atoms with Crippen LogP contribution in [0.3, 0.4) is 0 Å². The van der Waals surface area contributed by atoms with E-state index in [1.807, 2.05) is 0 Å². The third-order valence-electron chi connectivity index (χ3n) is 2.76. The van der Waals surface area contributed by atoms with E-state index in [4.69, 9.17) is 43.9 Å². The third-order valence-corrected chi connectivity index (χ3v) is 7.80. The molecule has 1 aromatic rings. The van der Waals surface area contributed by atoms with Gasteiger partial charge in [-0.1, -0.05) is 53.0 Å². The van der Waals surface area contributed by atoms with Crippen molar-refractivity contribution in [3.8, 4) is 0 Å². The molecule has 1 aliphatic rings. The van der Waals surface area contributed by atoms with Gasteiger partial charge in [0.1, 0.15) is 0 Å². The Labute approximate surface area is 143 Å². The lowest BCUT2D eigenvalue weighted by Crippen LogP contribution is -2.43. The van der Waals surface area contributed by atoms with Crippen LogP contribution >= 0.6 is 42.4 Å². The summed E-state index contributed by atoms with van der Waals surface area (Å²) < 4.78 is 47.5. The monoisotopic (exact) mass is 407 g/mol. The number of alkyl halides is 3. The maximum atomic E-state index is 12.7. The molecule has 0 amide bonds. The van der Waals surface area contributed by atoms with Gasteiger partial charge in [-0.25, -0.2) is 8.42 Å². The van der Waals surface area contributed by atoms with Crippen molar-refractivity contribution in [2.75, 3.05) is 6.61 Å². The molecule has 1 N–H and O–H groups in total. The molecule has 1 aromatic carbocycles. The number of sulfonamides is 1. The lowest BCUT2D eigenvalue weighted by Gasteiger charge is -2.28. The van der Waals surface area contributed by atoms with Crippen LogP contribution in [0.5, 0.6) is 0 Å². The summed E-state index contributed by atoms with van der Waals surface area (Å²) in [5, 5.41) is 0. The molecule has 0 aliphatic carbocycles. The van der Waals surface area contributed by atoms with Crippen LogP contribution in [0.15, 0.2) is 35.2 Å². The number of nitrogens with one attached hydrogen (secondary N) is 1. The SMILES string of the molecule is CC1COP(=O)(C(NS(=O)(=O)c2ccccc2)C(Cl)(Cl)Cl)O1. The number of benzene rings is 1. The maximum Gasteiger partial charge on any atom is 0.353 e. The van der Waals surface area contributed by atoms with E-state index in [1.165, 1.54) is 24.3 Å². The molecule has 1 heterocycles. The van der Waals surface area contributed by atoms with Crippen LogP contribution in [-0.4, -0.2) is 30.7 Å². The Morgan fingerprint density at radius 3 is 2.36 bits per heavy atom. The summed E-state index contributed by atoms with van der Waals surface area (Å²) >= 11 is 17.3. The van der Waals surface area contributed by atoms with Crippen LogP contribution in [0.4, 0.5) is 0 Å². The molecule has 124 valence electrons. The van der Waals surface area contributed by atoms with E-state index in [1.54, 1.807) is 13.0 Å². The van der Waals surface area contributed by atoms with Crippen molar-refractivity contribution < 1.29 is 22.0 Å². The second-order valence-corrected chi connectivity index (χ2v) is 10.8. The van der Waals surface area contributed by atoms with Crippen molar-refractivity contribution >= 4 is 52.4 Å². The molecule has 0 saturated carbocycles. The van der Waals surface area contributed by atoms with Crippen molar-refractivity contribution in [2.24, 2.45) is 0 Å². The average Bonchev–Trinajstić information content (AvgIpc) is 2.76. The molecule has 3 atom stereocenters. The molecule has 22 heavy (non-hydrogen) atoms. The molecule has 0 radical (unpaired) electrons. The molecular formula is C11H13Cl3NO5PS. The summed E-state index contributed by atoms with van der Waals surface area (Å²) in [4.78, 5) is -0.0619. The predicted octanol–water partition coefficient (Wildman–Crippen LogP) is 3.29. The lowest BCUT2D eigenvalue weighted by atomic mass is 10.4. The molecule has 0 spiro atoms. The highest BCUT2D eigenvalue weighted by molar-refractivity contribution is 7.89. The Morgan fingerprint density at radius 2 is 1.91 bits per heavy atom. The van der Waals surface area contributed by atoms with Gasteiger partial charge in [-0.05, 0) is 19.1 Å². The maximum absolute atomic E-state index is 12.7. The summed E-state index contributed by atoms with van der Waals surface area (Å²) in [6.45, 7) is 1.63. The van der Waals surface area contributed by atoms with Gasteiger partial charge in [0.25, 0.3) is 0 Å². The highest BCUT2D eigenvalue weighted by Crippen LogP contribution is 2.62. The number of halogens is 3. The fourth-order valence-corrected chi connectivity index (χ4v) is 6.94. The third kappa shape index (κ3) is 4.16. The predicted molar refractivity (Wildman–Crippen MR) is 84.9 cm³/mol. The highest BCUT2D eigenvalue weighted by Gasteiger charge is 2.54. The molecule has 11 heteroatoms. The molecule has 0 bridgehead atoms.